The van der Waals surface area contributed by atoms with Crippen LogP contribution in [0.15, 0.2) is 59.6 Å². The number of carbonyl (C=O) groups excluding carboxylic acids is 3. The normalized spacial score (nSPS) is 15.2. The number of carbonyl (C=O) groups is 3. The molecule has 0 unspecified atom stereocenters. The Morgan fingerprint density at radius 2 is 1.84 bits per heavy atom. The van der Waals surface area contributed by atoms with Gasteiger partial charge in [-0.3, -0.25) is 29.4 Å². The van der Waals surface area contributed by atoms with Crippen LogP contribution in [0.3, 0.4) is 0 Å². The molecule has 0 radical (unpaired) electrons. The molecule has 0 spiro atoms. The van der Waals surface area contributed by atoms with Crippen LogP contribution in [-0.2, 0) is 16.1 Å². The van der Waals surface area contributed by atoms with Crippen molar-refractivity contribution >= 4 is 51.5 Å². The third-order valence-electron chi connectivity index (χ3n) is 4.79. The minimum absolute atomic E-state index is 0.0217. The number of aromatic nitrogens is 1. The number of nitrogens with two attached hydrogens (primary N) is 1. The first-order valence-electron chi connectivity index (χ1n) is 9.18. The highest BCUT2D eigenvalue weighted by molar-refractivity contribution is 8.18. The molecule has 0 aliphatic carbocycles. The molecule has 1 aromatic heterocycles. The van der Waals surface area contributed by atoms with Gasteiger partial charge in [-0.05, 0) is 29.5 Å². The van der Waals surface area contributed by atoms with E-state index in [9.17, 15) is 24.5 Å². The third kappa shape index (κ3) is 4.05. The summed E-state index contributed by atoms with van der Waals surface area (Å²) in [7, 11) is 0. The summed E-state index contributed by atoms with van der Waals surface area (Å²) in [4.78, 5) is 47.2. The van der Waals surface area contributed by atoms with E-state index in [1.165, 1.54) is 12.1 Å². The molecule has 2 N–H and O–H groups in total. The molecule has 3 amide bonds. The highest BCUT2D eigenvalue weighted by Gasteiger charge is 2.36. The molecule has 0 saturated carbocycles. The number of amides is 3. The number of nitro groups is 1. The zero-order chi connectivity index (χ0) is 22.1. The molecule has 0 atom stereocenters. The van der Waals surface area contributed by atoms with Gasteiger partial charge in [-0.1, -0.05) is 30.3 Å². The molecule has 2 heterocycles. The molecule has 1 aliphatic heterocycles. The second-order valence-electron chi connectivity index (χ2n) is 6.89. The van der Waals surface area contributed by atoms with Crippen molar-refractivity contribution in [3.05, 3.63) is 80.9 Å². The molecular formula is C21H16N4O5S. The fourth-order valence-electron chi connectivity index (χ4n) is 3.37. The zero-order valence-corrected chi connectivity index (χ0v) is 16.9. The zero-order valence-electron chi connectivity index (χ0n) is 16.1. The van der Waals surface area contributed by atoms with E-state index in [1.807, 2.05) is 35.0 Å². The van der Waals surface area contributed by atoms with E-state index < -0.39 is 28.5 Å². The van der Waals surface area contributed by atoms with Gasteiger partial charge in [0.15, 0.2) is 0 Å². The van der Waals surface area contributed by atoms with Crippen LogP contribution in [0.4, 0.5) is 10.5 Å². The van der Waals surface area contributed by atoms with Crippen molar-refractivity contribution in [1.82, 2.24) is 9.47 Å². The average Bonchev–Trinajstić information content (AvgIpc) is 3.20. The Balaban J connectivity index is 1.68. The predicted octanol–water partition coefficient (Wildman–Crippen LogP) is 3.12. The van der Waals surface area contributed by atoms with E-state index >= 15 is 0 Å². The predicted molar refractivity (Wildman–Crippen MR) is 116 cm³/mol. The Kier molecular flexibility index (Phi) is 5.30. The number of nitrogens with zero attached hydrogens (tertiary/aromatic N) is 3. The van der Waals surface area contributed by atoms with Gasteiger partial charge >= 0.3 is 0 Å². The largest absolute Gasteiger partial charge is 0.368 e. The number of rotatable bonds is 6. The van der Waals surface area contributed by atoms with Gasteiger partial charge in [-0.25, -0.2) is 0 Å². The third-order valence-corrected chi connectivity index (χ3v) is 5.70. The van der Waals surface area contributed by atoms with Gasteiger partial charge in [0.05, 0.1) is 9.83 Å². The van der Waals surface area contributed by atoms with E-state index in [-0.39, 0.29) is 10.6 Å². The molecule has 31 heavy (non-hydrogen) atoms. The lowest BCUT2D eigenvalue weighted by molar-refractivity contribution is -0.384. The second kappa shape index (κ2) is 8.07. The van der Waals surface area contributed by atoms with Crippen LogP contribution in [0.5, 0.6) is 0 Å². The van der Waals surface area contributed by atoms with Crippen molar-refractivity contribution in [2.45, 2.75) is 6.54 Å². The molecule has 0 bridgehead atoms. The number of non-ortho nitro benzene ring substituents is 1. The summed E-state index contributed by atoms with van der Waals surface area (Å²) in [6.07, 6.45) is 3.48. The maximum absolute atomic E-state index is 12.5. The minimum atomic E-state index is -0.761. The number of benzene rings is 2. The molecule has 3 aromatic rings. The van der Waals surface area contributed by atoms with E-state index in [0.717, 1.165) is 38.7 Å². The summed E-state index contributed by atoms with van der Waals surface area (Å²) in [6, 6.07) is 13.9. The van der Waals surface area contributed by atoms with Crippen LogP contribution in [-0.4, -0.2) is 38.0 Å². The number of thioether (sulfide) groups is 1. The van der Waals surface area contributed by atoms with E-state index in [0.29, 0.717) is 6.54 Å². The molecule has 10 heteroatoms. The molecule has 1 aliphatic rings. The van der Waals surface area contributed by atoms with Crippen molar-refractivity contribution in [2.75, 3.05) is 6.54 Å². The standard InChI is InChI=1S/C21H16N4O5S/c22-19(26)12-24-20(27)18(31-21(24)28)9-14-11-23(17-4-2-1-3-16(14)17)10-13-5-7-15(8-6-13)25(29)30/h1-9,11H,10,12H2,(H2,22,26)/b18-9-. The molecule has 4 rings (SSSR count). The first-order chi connectivity index (χ1) is 14.8. The van der Waals surface area contributed by atoms with Crippen LogP contribution < -0.4 is 5.73 Å². The van der Waals surface area contributed by atoms with Crippen LogP contribution >= 0.6 is 11.8 Å². The van der Waals surface area contributed by atoms with Crippen molar-refractivity contribution < 1.29 is 19.3 Å². The Hall–Kier alpha value is -3.92. The monoisotopic (exact) mass is 436 g/mol. The number of para-hydroxylation sites is 1. The quantitative estimate of drug-likeness (QED) is 0.359. The second-order valence-corrected chi connectivity index (χ2v) is 7.88. The van der Waals surface area contributed by atoms with Crippen LogP contribution in [0, 0.1) is 10.1 Å². The lowest BCUT2D eigenvalue weighted by Crippen LogP contribution is -2.36. The molecule has 9 nitrogen and oxygen atoms in total. The van der Waals surface area contributed by atoms with Gasteiger partial charge < -0.3 is 10.3 Å². The Labute approximate surface area is 180 Å². The molecule has 1 saturated heterocycles. The summed E-state index contributed by atoms with van der Waals surface area (Å²) >= 11 is 0.762. The van der Waals surface area contributed by atoms with Gasteiger partial charge in [0.2, 0.25) is 5.91 Å². The number of fused-ring (bicyclic) bond motifs is 1. The maximum Gasteiger partial charge on any atom is 0.294 e. The van der Waals surface area contributed by atoms with Crippen molar-refractivity contribution in [1.29, 1.82) is 0 Å². The fraction of sp³-hybridized carbons (Fsp3) is 0.0952. The van der Waals surface area contributed by atoms with E-state index in [1.54, 1.807) is 18.2 Å². The number of imide groups is 1. The Bertz CT molecular complexity index is 1260. The van der Waals surface area contributed by atoms with Crippen LogP contribution in [0.25, 0.3) is 17.0 Å². The van der Waals surface area contributed by atoms with Gasteiger partial charge in [0.25, 0.3) is 16.8 Å². The number of nitro benzene ring substituents is 1. The number of hydrogen-bond donors (Lipinski definition) is 1. The van der Waals surface area contributed by atoms with Crippen molar-refractivity contribution in [2.24, 2.45) is 5.73 Å². The highest BCUT2D eigenvalue weighted by atomic mass is 32.2. The van der Waals surface area contributed by atoms with E-state index in [4.69, 9.17) is 5.73 Å². The fourth-order valence-corrected chi connectivity index (χ4v) is 4.20. The summed E-state index contributed by atoms with van der Waals surface area (Å²) in [5.74, 6) is -1.32. The SMILES string of the molecule is NC(=O)CN1C(=O)S/C(=C\c2cn(Cc3ccc([N+](=O)[O-])cc3)c3ccccc23)C1=O. The number of hydrogen-bond acceptors (Lipinski definition) is 6. The molecular weight excluding hydrogens is 420 g/mol. The topological polar surface area (TPSA) is 129 Å². The minimum Gasteiger partial charge on any atom is -0.368 e. The Morgan fingerprint density at radius 1 is 1.13 bits per heavy atom. The van der Waals surface area contributed by atoms with Crippen molar-refractivity contribution in [3.63, 3.8) is 0 Å². The van der Waals surface area contributed by atoms with Gasteiger partial charge in [0.1, 0.15) is 6.54 Å². The highest BCUT2D eigenvalue weighted by Crippen LogP contribution is 2.34. The lowest BCUT2D eigenvalue weighted by Gasteiger charge is -2.08. The summed E-state index contributed by atoms with van der Waals surface area (Å²) in [6.45, 7) is 0.0133. The number of primary amides is 1. The van der Waals surface area contributed by atoms with Gasteiger partial charge in [-0.15, -0.1) is 0 Å². The lowest BCUT2D eigenvalue weighted by atomic mass is 10.1. The molecule has 156 valence electrons. The summed E-state index contributed by atoms with van der Waals surface area (Å²) in [5, 5.41) is 11.2. The first kappa shape index (κ1) is 20.4. The maximum atomic E-state index is 12.5. The summed E-state index contributed by atoms with van der Waals surface area (Å²) < 4.78 is 1.97. The van der Waals surface area contributed by atoms with Gasteiger partial charge in [-0.2, -0.15) is 0 Å². The average molecular weight is 436 g/mol. The van der Waals surface area contributed by atoms with Crippen molar-refractivity contribution in [3.8, 4) is 0 Å². The summed E-state index contributed by atoms with van der Waals surface area (Å²) in [5.41, 5.74) is 7.66. The van der Waals surface area contributed by atoms with Gasteiger partial charge in [0, 0.05) is 41.3 Å². The smallest absolute Gasteiger partial charge is 0.294 e. The van der Waals surface area contributed by atoms with Crippen LogP contribution in [0.1, 0.15) is 11.1 Å². The Morgan fingerprint density at radius 3 is 2.52 bits per heavy atom. The van der Waals surface area contributed by atoms with E-state index in [2.05, 4.69) is 0 Å². The first-order valence-corrected chi connectivity index (χ1v) is 10.00. The molecule has 2 aromatic carbocycles. The van der Waals surface area contributed by atoms with Crippen LogP contribution in [0.2, 0.25) is 0 Å². The molecule has 1 fully saturated rings.